The van der Waals surface area contributed by atoms with Gasteiger partial charge in [-0.25, -0.2) is 4.98 Å². The highest BCUT2D eigenvalue weighted by molar-refractivity contribution is 7.16. The minimum Gasteiger partial charge on any atom is -0.508 e. The van der Waals surface area contributed by atoms with Crippen LogP contribution in [0.4, 0.5) is 0 Å². The molecule has 0 bridgehead atoms. The van der Waals surface area contributed by atoms with Gasteiger partial charge in [0, 0.05) is 23.2 Å². The number of phenolic OH excluding ortho intramolecular Hbond substituents is 1. The van der Waals surface area contributed by atoms with E-state index in [2.05, 4.69) is 9.97 Å². The summed E-state index contributed by atoms with van der Waals surface area (Å²) >= 11 is 1.33. The first-order valence-corrected chi connectivity index (χ1v) is 5.81. The number of aromatic amines is 1. The maximum Gasteiger partial charge on any atom is 0.161 e. The van der Waals surface area contributed by atoms with E-state index in [9.17, 15) is 9.90 Å². The lowest BCUT2D eigenvalue weighted by atomic mass is 10.2. The Balaban J connectivity index is 2.14. The monoisotopic (exact) mass is 244 g/mol. The van der Waals surface area contributed by atoms with Gasteiger partial charge >= 0.3 is 0 Å². The Hall–Kier alpha value is -2.14. The van der Waals surface area contributed by atoms with E-state index in [1.165, 1.54) is 11.3 Å². The van der Waals surface area contributed by atoms with E-state index >= 15 is 0 Å². The average molecular weight is 244 g/mol. The molecule has 2 aromatic heterocycles. The number of benzene rings is 1. The Morgan fingerprint density at radius 1 is 1.35 bits per heavy atom. The standard InChI is InChI=1S/C12H8N2O2S/c15-6-9-5-13-12(17-9)11-3-7-1-2-8(16)4-10(7)14-11/h1-6,14,16H. The molecule has 0 aliphatic heterocycles. The second-order valence-corrected chi connectivity index (χ2v) is 4.70. The van der Waals surface area contributed by atoms with Gasteiger partial charge in [0.25, 0.3) is 0 Å². The van der Waals surface area contributed by atoms with Crippen LogP contribution in [0.2, 0.25) is 0 Å². The number of hydrogen-bond donors (Lipinski definition) is 2. The van der Waals surface area contributed by atoms with Crippen molar-refractivity contribution in [2.24, 2.45) is 0 Å². The molecule has 0 amide bonds. The lowest BCUT2D eigenvalue weighted by Gasteiger charge is -1.90. The molecule has 0 saturated carbocycles. The van der Waals surface area contributed by atoms with Gasteiger partial charge in [0.1, 0.15) is 10.8 Å². The highest BCUT2D eigenvalue weighted by Crippen LogP contribution is 2.28. The number of carbonyl (C=O) groups excluding carboxylic acids is 1. The normalized spacial score (nSPS) is 10.8. The molecule has 17 heavy (non-hydrogen) atoms. The summed E-state index contributed by atoms with van der Waals surface area (Å²) in [6, 6.07) is 7.08. The first-order chi connectivity index (χ1) is 8.26. The van der Waals surface area contributed by atoms with Gasteiger partial charge in [-0.15, -0.1) is 11.3 Å². The number of phenols is 1. The van der Waals surface area contributed by atoms with Crippen LogP contribution in [-0.2, 0) is 0 Å². The molecule has 0 radical (unpaired) electrons. The van der Waals surface area contributed by atoms with Crippen molar-refractivity contribution >= 4 is 28.5 Å². The fourth-order valence-electron chi connectivity index (χ4n) is 1.70. The third-order valence-electron chi connectivity index (χ3n) is 2.48. The molecule has 1 aromatic carbocycles. The quantitative estimate of drug-likeness (QED) is 0.681. The Kier molecular flexibility index (Phi) is 2.19. The average Bonchev–Trinajstić information content (AvgIpc) is 2.93. The van der Waals surface area contributed by atoms with Crippen LogP contribution < -0.4 is 0 Å². The zero-order valence-electron chi connectivity index (χ0n) is 8.68. The summed E-state index contributed by atoms with van der Waals surface area (Å²) in [5.74, 6) is 0.221. The second kappa shape index (κ2) is 3.71. The van der Waals surface area contributed by atoms with Crippen molar-refractivity contribution in [2.75, 3.05) is 0 Å². The van der Waals surface area contributed by atoms with Crippen LogP contribution in [0, 0.1) is 0 Å². The molecular formula is C12H8N2O2S. The molecule has 0 aliphatic carbocycles. The van der Waals surface area contributed by atoms with Gasteiger partial charge in [-0.3, -0.25) is 4.79 Å². The number of hydrogen-bond acceptors (Lipinski definition) is 4. The van der Waals surface area contributed by atoms with Gasteiger partial charge < -0.3 is 10.1 Å². The first kappa shape index (κ1) is 10.0. The van der Waals surface area contributed by atoms with E-state index in [0.29, 0.717) is 4.88 Å². The number of carbonyl (C=O) groups is 1. The highest BCUT2D eigenvalue weighted by Gasteiger charge is 2.08. The molecule has 2 N–H and O–H groups in total. The van der Waals surface area contributed by atoms with E-state index in [1.54, 1.807) is 18.3 Å². The molecule has 4 nitrogen and oxygen atoms in total. The van der Waals surface area contributed by atoms with E-state index in [0.717, 1.165) is 27.9 Å². The number of H-pyrrole nitrogens is 1. The lowest BCUT2D eigenvalue weighted by Crippen LogP contribution is -1.72. The molecule has 0 saturated heterocycles. The minimum atomic E-state index is 0.221. The summed E-state index contributed by atoms with van der Waals surface area (Å²) in [5, 5.41) is 11.1. The first-order valence-electron chi connectivity index (χ1n) is 4.99. The van der Waals surface area contributed by atoms with E-state index < -0.39 is 0 Å². The topological polar surface area (TPSA) is 66.0 Å². The molecule has 0 unspecified atom stereocenters. The number of aromatic hydroxyl groups is 1. The van der Waals surface area contributed by atoms with Crippen LogP contribution in [0.25, 0.3) is 21.6 Å². The van der Waals surface area contributed by atoms with Gasteiger partial charge in [-0.05, 0) is 18.2 Å². The van der Waals surface area contributed by atoms with Crippen LogP contribution in [0.15, 0.2) is 30.5 Å². The summed E-state index contributed by atoms with van der Waals surface area (Å²) in [5.41, 5.74) is 1.70. The Labute approximate surface area is 101 Å². The molecular weight excluding hydrogens is 236 g/mol. The van der Waals surface area contributed by atoms with Crippen LogP contribution in [0.1, 0.15) is 9.67 Å². The molecule has 5 heteroatoms. The van der Waals surface area contributed by atoms with E-state index in [-0.39, 0.29) is 5.75 Å². The van der Waals surface area contributed by atoms with Crippen molar-refractivity contribution in [3.05, 3.63) is 35.3 Å². The van der Waals surface area contributed by atoms with Crippen molar-refractivity contribution in [1.82, 2.24) is 9.97 Å². The van der Waals surface area contributed by atoms with Gasteiger partial charge in [0.15, 0.2) is 6.29 Å². The molecule has 0 spiro atoms. The largest absolute Gasteiger partial charge is 0.508 e. The maximum absolute atomic E-state index is 10.6. The van der Waals surface area contributed by atoms with Crippen LogP contribution in [0.5, 0.6) is 5.75 Å². The van der Waals surface area contributed by atoms with Crippen LogP contribution in [-0.4, -0.2) is 21.4 Å². The Morgan fingerprint density at radius 2 is 2.24 bits per heavy atom. The Morgan fingerprint density at radius 3 is 3.00 bits per heavy atom. The zero-order chi connectivity index (χ0) is 11.8. The summed E-state index contributed by atoms with van der Waals surface area (Å²) in [6.45, 7) is 0. The molecule has 3 aromatic rings. The maximum atomic E-state index is 10.6. The second-order valence-electron chi connectivity index (χ2n) is 3.64. The van der Waals surface area contributed by atoms with Gasteiger partial charge in [-0.1, -0.05) is 0 Å². The molecule has 2 heterocycles. The predicted molar refractivity (Wildman–Crippen MR) is 66.5 cm³/mol. The number of aldehydes is 1. The fraction of sp³-hybridized carbons (Fsp3) is 0. The predicted octanol–water partition coefficient (Wildman–Crippen LogP) is 2.81. The van der Waals surface area contributed by atoms with Gasteiger partial charge in [0.2, 0.25) is 0 Å². The van der Waals surface area contributed by atoms with Crippen molar-refractivity contribution in [2.45, 2.75) is 0 Å². The van der Waals surface area contributed by atoms with E-state index in [1.807, 2.05) is 12.1 Å². The Bertz CT molecular complexity index is 699. The highest BCUT2D eigenvalue weighted by atomic mass is 32.1. The fourth-order valence-corrected chi connectivity index (χ4v) is 2.40. The minimum absolute atomic E-state index is 0.221. The third kappa shape index (κ3) is 1.70. The number of fused-ring (bicyclic) bond motifs is 1. The molecule has 3 rings (SSSR count). The van der Waals surface area contributed by atoms with Gasteiger partial charge in [-0.2, -0.15) is 0 Å². The summed E-state index contributed by atoms with van der Waals surface area (Å²) in [4.78, 5) is 18.5. The summed E-state index contributed by atoms with van der Waals surface area (Å²) in [7, 11) is 0. The van der Waals surface area contributed by atoms with E-state index in [4.69, 9.17) is 0 Å². The summed E-state index contributed by atoms with van der Waals surface area (Å²) in [6.07, 6.45) is 2.34. The number of nitrogens with one attached hydrogen (secondary N) is 1. The number of rotatable bonds is 2. The molecule has 0 aliphatic rings. The molecule has 84 valence electrons. The number of nitrogens with zero attached hydrogens (tertiary/aromatic N) is 1. The summed E-state index contributed by atoms with van der Waals surface area (Å²) < 4.78 is 0. The third-order valence-corrected chi connectivity index (χ3v) is 3.43. The van der Waals surface area contributed by atoms with Crippen molar-refractivity contribution in [3.63, 3.8) is 0 Å². The smallest absolute Gasteiger partial charge is 0.161 e. The molecule has 0 fully saturated rings. The van der Waals surface area contributed by atoms with Crippen molar-refractivity contribution in [1.29, 1.82) is 0 Å². The van der Waals surface area contributed by atoms with Crippen LogP contribution >= 0.6 is 11.3 Å². The zero-order valence-corrected chi connectivity index (χ0v) is 9.49. The SMILES string of the molecule is O=Cc1cnc(-c2cc3ccc(O)cc3[nH]2)s1. The van der Waals surface area contributed by atoms with Gasteiger partial charge in [0.05, 0.1) is 10.6 Å². The number of thiazole rings is 1. The lowest BCUT2D eigenvalue weighted by molar-refractivity contribution is 0.112. The number of aromatic nitrogens is 2. The molecule has 0 atom stereocenters. The van der Waals surface area contributed by atoms with Crippen molar-refractivity contribution < 1.29 is 9.90 Å². The van der Waals surface area contributed by atoms with Crippen molar-refractivity contribution in [3.8, 4) is 16.5 Å². The van der Waals surface area contributed by atoms with Crippen LogP contribution in [0.3, 0.4) is 0 Å².